The Labute approximate surface area is 110 Å². The number of sulfone groups is 1. The number of nitrogens with zero attached hydrogens (tertiary/aromatic N) is 2. The first-order chi connectivity index (χ1) is 9.06. The second kappa shape index (κ2) is 4.48. The van der Waals surface area contributed by atoms with Crippen molar-refractivity contribution in [3.05, 3.63) is 34.4 Å². The van der Waals surface area contributed by atoms with Crippen molar-refractivity contribution >= 4 is 15.5 Å². The van der Waals surface area contributed by atoms with Crippen LogP contribution in [0.1, 0.15) is 25.1 Å². The lowest BCUT2D eigenvalue weighted by Gasteiger charge is -2.20. The topological polar surface area (TPSA) is 84.3 Å². The SMILES string of the molecule is O=c1cccc2nc(CC3CCCCS3(=O)=O)[nH]n12. The Morgan fingerprint density at radius 1 is 1.37 bits per heavy atom. The van der Waals surface area contributed by atoms with Gasteiger partial charge in [0.2, 0.25) is 0 Å². The van der Waals surface area contributed by atoms with Crippen molar-refractivity contribution in [2.75, 3.05) is 5.75 Å². The Hall–Kier alpha value is -1.63. The Morgan fingerprint density at radius 3 is 2.95 bits per heavy atom. The van der Waals surface area contributed by atoms with E-state index >= 15 is 0 Å². The molecule has 1 fully saturated rings. The number of rotatable bonds is 2. The molecule has 1 saturated heterocycles. The molecule has 19 heavy (non-hydrogen) atoms. The summed E-state index contributed by atoms with van der Waals surface area (Å²) in [5.41, 5.74) is 0.332. The molecule has 0 bridgehead atoms. The van der Waals surface area contributed by atoms with Gasteiger partial charge >= 0.3 is 0 Å². The first-order valence-electron chi connectivity index (χ1n) is 6.34. The molecule has 3 heterocycles. The number of nitrogens with one attached hydrogen (secondary N) is 1. The van der Waals surface area contributed by atoms with Gasteiger partial charge in [0.05, 0.1) is 11.0 Å². The summed E-state index contributed by atoms with van der Waals surface area (Å²) in [6.07, 6.45) is 2.71. The molecule has 7 heteroatoms. The highest BCUT2D eigenvalue weighted by Crippen LogP contribution is 2.22. The molecule has 6 nitrogen and oxygen atoms in total. The van der Waals surface area contributed by atoms with Crippen LogP contribution in [0.15, 0.2) is 23.0 Å². The molecule has 0 radical (unpaired) electrons. The van der Waals surface area contributed by atoms with Crippen LogP contribution in [0.4, 0.5) is 0 Å². The van der Waals surface area contributed by atoms with Gasteiger partial charge in [0.1, 0.15) is 5.82 Å². The maximum Gasteiger partial charge on any atom is 0.271 e. The van der Waals surface area contributed by atoms with Crippen molar-refractivity contribution in [2.24, 2.45) is 0 Å². The Morgan fingerprint density at radius 2 is 2.21 bits per heavy atom. The highest BCUT2D eigenvalue weighted by atomic mass is 32.2. The maximum atomic E-state index is 12.0. The van der Waals surface area contributed by atoms with Crippen molar-refractivity contribution in [2.45, 2.75) is 30.9 Å². The number of H-pyrrole nitrogens is 1. The van der Waals surface area contributed by atoms with Gasteiger partial charge in [0.25, 0.3) is 5.56 Å². The number of hydrogen-bond acceptors (Lipinski definition) is 4. The highest BCUT2D eigenvalue weighted by Gasteiger charge is 2.29. The summed E-state index contributed by atoms with van der Waals surface area (Å²) in [6, 6.07) is 4.79. The van der Waals surface area contributed by atoms with Gasteiger partial charge in [-0.3, -0.25) is 9.89 Å². The maximum absolute atomic E-state index is 12.0. The quantitative estimate of drug-likeness (QED) is 0.870. The van der Waals surface area contributed by atoms with E-state index in [1.165, 1.54) is 10.6 Å². The number of pyridine rings is 1. The molecule has 1 aliphatic heterocycles. The molecule has 0 aromatic carbocycles. The summed E-state index contributed by atoms with van der Waals surface area (Å²) in [5.74, 6) is 0.816. The summed E-state index contributed by atoms with van der Waals surface area (Å²) in [4.78, 5) is 15.9. The zero-order chi connectivity index (χ0) is 13.5. The summed E-state index contributed by atoms with van der Waals surface area (Å²) in [5, 5.41) is 2.50. The van der Waals surface area contributed by atoms with E-state index in [0.29, 0.717) is 24.3 Å². The Kier molecular flexibility index (Phi) is 2.93. The predicted octanol–water partition coefficient (Wildman–Crippen LogP) is 0.532. The molecule has 2 aromatic rings. The molecular formula is C12H15N3O3S. The predicted molar refractivity (Wildman–Crippen MR) is 70.9 cm³/mol. The fourth-order valence-electron chi connectivity index (χ4n) is 2.53. The van der Waals surface area contributed by atoms with Gasteiger partial charge in [-0.2, -0.15) is 0 Å². The largest absolute Gasteiger partial charge is 0.276 e. The summed E-state index contributed by atoms with van der Waals surface area (Å²) < 4.78 is 25.3. The number of aromatic amines is 1. The molecular weight excluding hydrogens is 266 g/mol. The van der Waals surface area contributed by atoms with Crippen molar-refractivity contribution < 1.29 is 8.42 Å². The van der Waals surface area contributed by atoms with E-state index < -0.39 is 9.84 Å². The first-order valence-corrected chi connectivity index (χ1v) is 8.06. The van der Waals surface area contributed by atoms with Crippen molar-refractivity contribution in [3.8, 4) is 0 Å². The molecule has 0 amide bonds. The van der Waals surface area contributed by atoms with Gasteiger partial charge in [-0.15, -0.1) is 0 Å². The van der Waals surface area contributed by atoms with Crippen LogP contribution in [-0.4, -0.2) is 34.0 Å². The minimum Gasteiger partial charge on any atom is -0.276 e. The van der Waals surface area contributed by atoms with Gasteiger partial charge in [0.15, 0.2) is 15.5 Å². The minimum absolute atomic E-state index is 0.192. The lowest BCUT2D eigenvalue weighted by molar-refractivity contribution is 0.534. The second-order valence-corrected chi connectivity index (χ2v) is 7.32. The lowest BCUT2D eigenvalue weighted by atomic mass is 10.1. The minimum atomic E-state index is -3.02. The van der Waals surface area contributed by atoms with E-state index in [9.17, 15) is 13.2 Å². The normalized spacial score (nSPS) is 22.6. The van der Waals surface area contributed by atoms with E-state index in [1.807, 2.05) is 0 Å². The standard InChI is InChI=1S/C12H15N3O3S/c16-12-6-3-5-11-13-10(14-15(11)12)8-9-4-1-2-7-19(9,17)18/h3,5-6,9H,1-2,4,7-8H2,(H,13,14). The fourth-order valence-corrected chi connectivity index (χ4v) is 4.41. The molecule has 1 unspecified atom stereocenters. The van der Waals surface area contributed by atoms with E-state index in [0.717, 1.165) is 12.8 Å². The van der Waals surface area contributed by atoms with Crippen molar-refractivity contribution in [1.82, 2.24) is 14.6 Å². The molecule has 1 N–H and O–H groups in total. The van der Waals surface area contributed by atoms with Gasteiger partial charge in [-0.05, 0) is 18.9 Å². The second-order valence-electron chi connectivity index (χ2n) is 4.92. The number of hydrogen-bond donors (Lipinski definition) is 1. The summed E-state index contributed by atoms with van der Waals surface area (Å²) in [6.45, 7) is 0. The van der Waals surface area contributed by atoms with Crippen LogP contribution in [0.3, 0.4) is 0 Å². The molecule has 1 atom stereocenters. The third kappa shape index (κ3) is 2.30. The monoisotopic (exact) mass is 281 g/mol. The van der Waals surface area contributed by atoms with Crippen LogP contribution < -0.4 is 5.56 Å². The molecule has 102 valence electrons. The van der Waals surface area contributed by atoms with Gasteiger partial charge in [-0.1, -0.05) is 12.5 Å². The van der Waals surface area contributed by atoms with Crippen LogP contribution in [0, 0.1) is 0 Å². The highest BCUT2D eigenvalue weighted by molar-refractivity contribution is 7.92. The Balaban J connectivity index is 1.93. The van der Waals surface area contributed by atoms with Crippen LogP contribution in [0.25, 0.3) is 5.65 Å². The Bertz CT molecular complexity index is 760. The molecule has 3 rings (SSSR count). The number of fused-ring (bicyclic) bond motifs is 1. The third-order valence-corrected chi connectivity index (χ3v) is 5.83. The van der Waals surface area contributed by atoms with Crippen molar-refractivity contribution in [1.29, 1.82) is 0 Å². The zero-order valence-corrected chi connectivity index (χ0v) is 11.2. The van der Waals surface area contributed by atoms with Crippen LogP contribution in [0.5, 0.6) is 0 Å². The average Bonchev–Trinajstić information content (AvgIpc) is 2.76. The van der Waals surface area contributed by atoms with E-state index in [-0.39, 0.29) is 16.6 Å². The first kappa shape index (κ1) is 12.4. The van der Waals surface area contributed by atoms with E-state index in [4.69, 9.17) is 0 Å². The molecule has 0 aliphatic carbocycles. The fraction of sp³-hybridized carbons (Fsp3) is 0.500. The molecule has 1 aliphatic rings. The lowest BCUT2D eigenvalue weighted by Crippen LogP contribution is -2.30. The van der Waals surface area contributed by atoms with Crippen LogP contribution in [-0.2, 0) is 16.3 Å². The average molecular weight is 281 g/mol. The molecule has 0 saturated carbocycles. The van der Waals surface area contributed by atoms with E-state index in [1.54, 1.807) is 12.1 Å². The van der Waals surface area contributed by atoms with Gasteiger partial charge in [-0.25, -0.2) is 17.9 Å². The van der Waals surface area contributed by atoms with Gasteiger partial charge in [0, 0.05) is 12.5 Å². The van der Waals surface area contributed by atoms with Crippen molar-refractivity contribution in [3.63, 3.8) is 0 Å². The molecule has 2 aromatic heterocycles. The van der Waals surface area contributed by atoms with E-state index in [2.05, 4.69) is 10.1 Å². The zero-order valence-electron chi connectivity index (χ0n) is 10.4. The van der Waals surface area contributed by atoms with Gasteiger partial charge < -0.3 is 0 Å². The summed E-state index contributed by atoms with van der Waals surface area (Å²) in [7, 11) is -3.02. The number of aromatic nitrogens is 3. The summed E-state index contributed by atoms with van der Waals surface area (Å²) >= 11 is 0. The smallest absolute Gasteiger partial charge is 0.271 e. The molecule has 0 spiro atoms. The third-order valence-electron chi connectivity index (χ3n) is 3.56. The van der Waals surface area contributed by atoms with Crippen LogP contribution >= 0.6 is 0 Å². The van der Waals surface area contributed by atoms with Crippen LogP contribution in [0.2, 0.25) is 0 Å².